The lowest BCUT2D eigenvalue weighted by molar-refractivity contribution is 0.194. The maximum absolute atomic E-state index is 5.09. The van der Waals surface area contributed by atoms with Crippen LogP contribution in [-0.2, 0) is 4.74 Å². The second-order valence-corrected chi connectivity index (χ2v) is 1.86. The van der Waals surface area contributed by atoms with Crippen LogP contribution in [0.3, 0.4) is 0 Å². The molecule has 0 saturated carbocycles. The monoisotopic (exact) mass is 136 g/mol. The van der Waals surface area contributed by atoms with Gasteiger partial charge in [0.05, 0.1) is 13.2 Å². The summed E-state index contributed by atoms with van der Waals surface area (Å²) in [7, 11) is 0. The molecule has 0 rings (SSSR count). The zero-order chi connectivity index (χ0) is 7.82. The molecule has 0 aliphatic carbocycles. The fourth-order valence-corrected chi connectivity index (χ4v) is 0.394. The summed E-state index contributed by atoms with van der Waals surface area (Å²) in [6.45, 7) is 6.53. The molecule has 1 nitrogen and oxygen atoms in total. The normalized spacial score (nSPS) is 10.6. The molecule has 0 saturated heterocycles. The SMILES string of the molecule is C#C/C(C)=C\COCC=C. The summed E-state index contributed by atoms with van der Waals surface area (Å²) in [6, 6.07) is 0. The molecule has 0 N–H and O–H groups in total. The van der Waals surface area contributed by atoms with E-state index in [0.29, 0.717) is 13.2 Å². The summed E-state index contributed by atoms with van der Waals surface area (Å²) in [5.41, 5.74) is 0.907. The lowest BCUT2D eigenvalue weighted by Crippen LogP contribution is -1.90. The molecule has 0 fully saturated rings. The van der Waals surface area contributed by atoms with E-state index < -0.39 is 0 Å². The van der Waals surface area contributed by atoms with Crippen molar-refractivity contribution in [2.75, 3.05) is 13.2 Å². The van der Waals surface area contributed by atoms with Gasteiger partial charge in [-0.2, -0.15) is 0 Å². The number of terminal acetylenes is 1. The third-order valence-corrected chi connectivity index (χ3v) is 0.971. The van der Waals surface area contributed by atoms with Crippen LogP contribution in [0.15, 0.2) is 24.3 Å². The van der Waals surface area contributed by atoms with E-state index in [2.05, 4.69) is 12.5 Å². The Balaban J connectivity index is 3.36. The van der Waals surface area contributed by atoms with Crippen LogP contribution in [-0.4, -0.2) is 13.2 Å². The third kappa shape index (κ3) is 5.14. The van der Waals surface area contributed by atoms with Gasteiger partial charge in [-0.15, -0.1) is 13.0 Å². The van der Waals surface area contributed by atoms with Gasteiger partial charge in [0.2, 0.25) is 0 Å². The number of ether oxygens (including phenoxy) is 1. The van der Waals surface area contributed by atoms with E-state index in [1.165, 1.54) is 0 Å². The van der Waals surface area contributed by atoms with Crippen LogP contribution >= 0.6 is 0 Å². The van der Waals surface area contributed by atoms with E-state index in [4.69, 9.17) is 11.2 Å². The van der Waals surface area contributed by atoms with Crippen LogP contribution in [0.5, 0.6) is 0 Å². The maximum atomic E-state index is 5.09. The summed E-state index contributed by atoms with van der Waals surface area (Å²) >= 11 is 0. The summed E-state index contributed by atoms with van der Waals surface area (Å²) in [4.78, 5) is 0. The van der Waals surface area contributed by atoms with Crippen LogP contribution in [0.25, 0.3) is 0 Å². The fourth-order valence-electron chi connectivity index (χ4n) is 0.394. The van der Waals surface area contributed by atoms with Crippen molar-refractivity contribution in [3.05, 3.63) is 24.3 Å². The Kier molecular flexibility index (Phi) is 5.51. The van der Waals surface area contributed by atoms with Crippen LogP contribution < -0.4 is 0 Å². The first kappa shape index (κ1) is 9.00. The molecule has 0 atom stereocenters. The molecule has 0 unspecified atom stereocenters. The average Bonchev–Trinajstić information content (AvgIpc) is 1.98. The Bertz CT molecular complexity index is 160. The Morgan fingerprint density at radius 1 is 1.70 bits per heavy atom. The van der Waals surface area contributed by atoms with Gasteiger partial charge >= 0.3 is 0 Å². The van der Waals surface area contributed by atoms with Gasteiger partial charge in [-0.3, -0.25) is 0 Å². The van der Waals surface area contributed by atoms with Crippen molar-refractivity contribution in [2.45, 2.75) is 6.92 Å². The molecular weight excluding hydrogens is 124 g/mol. The highest BCUT2D eigenvalue weighted by molar-refractivity contribution is 5.22. The molecule has 0 spiro atoms. The second-order valence-electron chi connectivity index (χ2n) is 1.86. The van der Waals surface area contributed by atoms with Crippen molar-refractivity contribution in [3.8, 4) is 12.3 Å². The van der Waals surface area contributed by atoms with Gasteiger partial charge in [0.1, 0.15) is 0 Å². The van der Waals surface area contributed by atoms with Gasteiger partial charge < -0.3 is 4.74 Å². The Morgan fingerprint density at radius 3 is 2.90 bits per heavy atom. The van der Waals surface area contributed by atoms with Crippen LogP contribution in [0.4, 0.5) is 0 Å². The van der Waals surface area contributed by atoms with Gasteiger partial charge in [-0.1, -0.05) is 12.0 Å². The van der Waals surface area contributed by atoms with Gasteiger partial charge in [0.15, 0.2) is 0 Å². The molecule has 0 aliphatic heterocycles. The average molecular weight is 136 g/mol. The highest BCUT2D eigenvalue weighted by Crippen LogP contribution is 1.88. The van der Waals surface area contributed by atoms with E-state index >= 15 is 0 Å². The highest BCUT2D eigenvalue weighted by Gasteiger charge is 1.80. The molecule has 54 valence electrons. The summed E-state index contributed by atoms with van der Waals surface area (Å²) in [5, 5.41) is 0. The van der Waals surface area contributed by atoms with Crippen molar-refractivity contribution >= 4 is 0 Å². The maximum Gasteiger partial charge on any atom is 0.0663 e. The molecule has 0 amide bonds. The second kappa shape index (κ2) is 6.12. The lowest BCUT2D eigenvalue weighted by atomic mass is 10.3. The molecule has 0 aromatic rings. The molecule has 0 aliphatic rings. The zero-order valence-corrected chi connectivity index (χ0v) is 6.26. The van der Waals surface area contributed by atoms with Gasteiger partial charge in [-0.05, 0) is 18.6 Å². The molecular formula is C9H12O. The minimum absolute atomic E-state index is 0.571. The van der Waals surface area contributed by atoms with Crippen molar-refractivity contribution in [2.24, 2.45) is 0 Å². The molecule has 0 radical (unpaired) electrons. The first-order valence-electron chi connectivity index (χ1n) is 3.13. The summed E-state index contributed by atoms with van der Waals surface area (Å²) < 4.78 is 5.07. The summed E-state index contributed by atoms with van der Waals surface area (Å²) in [6.07, 6.45) is 8.66. The number of hydrogen-bond acceptors (Lipinski definition) is 1. The minimum atomic E-state index is 0.571. The first-order valence-corrected chi connectivity index (χ1v) is 3.13. The lowest BCUT2D eigenvalue weighted by Gasteiger charge is -1.93. The standard InChI is InChI=1S/C9H12O/c1-4-7-10-8-6-9(3)5-2/h2,4,6H,1,7-8H2,3H3/b9-6-. The third-order valence-electron chi connectivity index (χ3n) is 0.971. The Labute approximate surface area is 62.4 Å². The van der Waals surface area contributed by atoms with Crippen molar-refractivity contribution in [3.63, 3.8) is 0 Å². The van der Waals surface area contributed by atoms with E-state index in [1.807, 2.05) is 13.0 Å². The minimum Gasteiger partial charge on any atom is -0.373 e. The van der Waals surface area contributed by atoms with Gasteiger partial charge in [0, 0.05) is 0 Å². The largest absolute Gasteiger partial charge is 0.373 e. The number of allylic oxidation sites excluding steroid dienone is 1. The van der Waals surface area contributed by atoms with Crippen LogP contribution in [0.2, 0.25) is 0 Å². The van der Waals surface area contributed by atoms with E-state index in [1.54, 1.807) is 6.08 Å². The molecule has 10 heavy (non-hydrogen) atoms. The molecule has 0 aromatic carbocycles. The predicted octanol–water partition coefficient (Wildman–Crippen LogP) is 1.77. The smallest absolute Gasteiger partial charge is 0.0663 e. The van der Waals surface area contributed by atoms with Crippen molar-refractivity contribution in [1.82, 2.24) is 0 Å². The van der Waals surface area contributed by atoms with E-state index in [0.717, 1.165) is 5.57 Å². The molecule has 1 heteroatoms. The Morgan fingerprint density at radius 2 is 2.40 bits per heavy atom. The van der Waals surface area contributed by atoms with Crippen LogP contribution in [0.1, 0.15) is 6.92 Å². The first-order chi connectivity index (χ1) is 4.81. The molecule has 0 heterocycles. The summed E-state index contributed by atoms with van der Waals surface area (Å²) in [5.74, 6) is 2.50. The van der Waals surface area contributed by atoms with Crippen LogP contribution in [0, 0.1) is 12.3 Å². The number of rotatable bonds is 4. The van der Waals surface area contributed by atoms with Crippen molar-refractivity contribution < 1.29 is 4.74 Å². The zero-order valence-electron chi connectivity index (χ0n) is 6.26. The van der Waals surface area contributed by atoms with E-state index in [9.17, 15) is 0 Å². The van der Waals surface area contributed by atoms with Gasteiger partial charge in [0.25, 0.3) is 0 Å². The van der Waals surface area contributed by atoms with Gasteiger partial charge in [-0.25, -0.2) is 0 Å². The van der Waals surface area contributed by atoms with E-state index in [-0.39, 0.29) is 0 Å². The Hall–Kier alpha value is -1.00. The highest BCUT2D eigenvalue weighted by atomic mass is 16.5. The fraction of sp³-hybridized carbons (Fsp3) is 0.333. The molecule has 0 bridgehead atoms. The number of hydrogen-bond donors (Lipinski definition) is 0. The van der Waals surface area contributed by atoms with Crippen molar-refractivity contribution in [1.29, 1.82) is 0 Å². The predicted molar refractivity (Wildman–Crippen MR) is 43.6 cm³/mol. The quantitative estimate of drug-likeness (QED) is 0.325. The molecule has 0 aromatic heterocycles. The topological polar surface area (TPSA) is 9.23 Å².